The number of aromatic amines is 1. The van der Waals surface area contributed by atoms with E-state index in [1.54, 1.807) is 7.11 Å². The first-order valence-corrected chi connectivity index (χ1v) is 8.29. The maximum absolute atomic E-state index is 12.2. The van der Waals surface area contributed by atoms with Crippen molar-refractivity contribution >= 4 is 16.9 Å². The maximum Gasteiger partial charge on any atom is 0.323 e. The number of hydrogen-bond donors (Lipinski definition) is 2. The lowest BCUT2D eigenvalue weighted by molar-refractivity contribution is -0.143. The lowest BCUT2D eigenvalue weighted by atomic mass is 9.90. The Kier molecular flexibility index (Phi) is 3.93. The van der Waals surface area contributed by atoms with E-state index in [2.05, 4.69) is 22.4 Å². The molecule has 2 heterocycles. The van der Waals surface area contributed by atoms with Crippen molar-refractivity contribution in [3.8, 4) is 5.75 Å². The predicted molar refractivity (Wildman–Crippen MR) is 95.8 cm³/mol. The quantitative estimate of drug-likeness (QED) is 0.722. The van der Waals surface area contributed by atoms with Gasteiger partial charge in [-0.05, 0) is 17.7 Å². The molecule has 5 heteroatoms. The van der Waals surface area contributed by atoms with Crippen LogP contribution < -0.4 is 10.1 Å². The van der Waals surface area contributed by atoms with Gasteiger partial charge in [0.15, 0.2) is 0 Å². The average molecular weight is 336 g/mol. The highest BCUT2D eigenvalue weighted by Crippen LogP contribution is 2.38. The number of fused-ring (bicyclic) bond motifs is 3. The van der Waals surface area contributed by atoms with E-state index in [0.717, 1.165) is 33.5 Å². The molecule has 5 nitrogen and oxygen atoms in total. The largest absolute Gasteiger partial charge is 0.496 e. The Bertz CT molecular complexity index is 932. The molecule has 2 N–H and O–H groups in total. The number of hydrogen-bond acceptors (Lipinski definition) is 4. The molecule has 1 aromatic heterocycles. The van der Waals surface area contributed by atoms with Crippen LogP contribution in [-0.4, -0.2) is 31.2 Å². The minimum atomic E-state index is -0.397. The summed E-state index contributed by atoms with van der Waals surface area (Å²) in [6, 6.07) is 15.5. The lowest BCUT2D eigenvalue weighted by Crippen LogP contribution is -2.45. The molecule has 0 unspecified atom stereocenters. The summed E-state index contributed by atoms with van der Waals surface area (Å²) in [5.41, 5.74) is 4.29. The van der Waals surface area contributed by atoms with E-state index in [9.17, 15) is 4.79 Å². The van der Waals surface area contributed by atoms with E-state index < -0.39 is 6.04 Å². The molecule has 0 amide bonds. The summed E-state index contributed by atoms with van der Waals surface area (Å²) in [5.74, 6) is 0.533. The number of carbonyl (C=O) groups is 1. The van der Waals surface area contributed by atoms with Crippen molar-refractivity contribution in [1.82, 2.24) is 10.3 Å². The first kappa shape index (κ1) is 15.7. The van der Waals surface area contributed by atoms with Crippen molar-refractivity contribution in [1.29, 1.82) is 0 Å². The van der Waals surface area contributed by atoms with E-state index in [-0.39, 0.29) is 12.0 Å². The molecule has 0 saturated carbocycles. The molecule has 0 bridgehead atoms. The molecule has 25 heavy (non-hydrogen) atoms. The fourth-order valence-corrected chi connectivity index (χ4v) is 3.68. The van der Waals surface area contributed by atoms with Crippen LogP contribution in [0.5, 0.6) is 5.75 Å². The normalized spacial score (nSPS) is 19.4. The summed E-state index contributed by atoms with van der Waals surface area (Å²) < 4.78 is 10.5. The Balaban J connectivity index is 1.90. The van der Waals surface area contributed by atoms with Crippen LogP contribution in [0.15, 0.2) is 48.5 Å². The van der Waals surface area contributed by atoms with Crippen molar-refractivity contribution in [3.63, 3.8) is 0 Å². The van der Waals surface area contributed by atoms with Gasteiger partial charge in [-0.1, -0.05) is 36.4 Å². The molecule has 0 saturated heterocycles. The van der Waals surface area contributed by atoms with Crippen LogP contribution in [0, 0.1) is 0 Å². The zero-order valence-electron chi connectivity index (χ0n) is 14.2. The number of carbonyl (C=O) groups excluding carboxylic acids is 1. The fraction of sp³-hybridized carbons (Fsp3) is 0.250. The number of benzene rings is 2. The number of nitrogens with one attached hydrogen (secondary N) is 2. The van der Waals surface area contributed by atoms with E-state index >= 15 is 0 Å². The number of rotatable bonds is 3. The Labute approximate surface area is 146 Å². The number of ether oxygens (including phenoxy) is 2. The van der Waals surface area contributed by atoms with Crippen molar-refractivity contribution in [3.05, 3.63) is 65.4 Å². The molecular weight excluding hydrogens is 316 g/mol. The molecule has 2 atom stereocenters. The average Bonchev–Trinajstić information content (AvgIpc) is 3.05. The van der Waals surface area contributed by atoms with Crippen molar-refractivity contribution in [2.75, 3.05) is 14.2 Å². The summed E-state index contributed by atoms with van der Waals surface area (Å²) in [5, 5.41) is 4.57. The Morgan fingerprint density at radius 3 is 2.64 bits per heavy atom. The van der Waals surface area contributed by atoms with E-state index in [4.69, 9.17) is 9.47 Å². The Morgan fingerprint density at radius 1 is 1.08 bits per heavy atom. The third-order valence-corrected chi connectivity index (χ3v) is 4.85. The molecule has 1 aliphatic rings. The lowest BCUT2D eigenvalue weighted by Gasteiger charge is -2.31. The van der Waals surface area contributed by atoms with E-state index in [1.807, 2.05) is 36.4 Å². The molecule has 128 valence electrons. The van der Waals surface area contributed by atoms with Gasteiger partial charge in [-0.3, -0.25) is 10.1 Å². The standard InChI is InChI=1S/C20H20N2O3/c1-24-17-10-6-4-8-13(17)18-19-14(11-16(22-18)20(23)25-2)12-7-3-5-9-15(12)21-19/h3-10,16,18,21-22H,11H2,1-2H3/t16-,18+/m1/s1. The van der Waals surface area contributed by atoms with Gasteiger partial charge in [0.05, 0.1) is 20.3 Å². The van der Waals surface area contributed by atoms with Gasteiger partial charge < -0.3 is 14.5 Å². The van der Waals surface area contributed by atoms with Crippen LogP contribution in [0.2, 0.25) is 0 Å². The molecule has 3 aromatic rings. The number of methoxy groups -OCH3 is 2. The van der Waals surface area contributed by atoms with E-state index in [1.165, 1.54) is 7.11 Å². The number of para-hydroxylation sites is 2. The smallest absolute Gasteiger partial charge is 0.323 e. The first-order chi connectivity index (χ1) is 12.2. The molecule has 0 radical (unpaired) electrons. The predicted octanol–water partition coefficient (Wildman–Crippen LogP) is 2.95. The van der Waals surface area contributed by atoms with Crippen LogP contribution in [0.3, 0.4) is 0 Å². The van der Waals surface area contributed by atoms with Crippen molar-refractivity contribution in [2.24, 2.45) is 0 Å². The van der Waals surface area contributed by atoms with Gasteiger partial charge >= 0.3 is 5.97 Å². The molecule has 0 fully saturated rings. The highest BCUT2D eigenvalue weighted by Gasteiger charge is 2.35. The zero-order valence-corrected chi connectivity index (χ0v) is 14.2. The number of H-pyrrole nitrogens is 1. The highest BCUT2D eigenvalue weighted by atomic mass is 16.5. The monoisotopic (exact) mass is 336 g/mol. The summed E-state index contributed by atoms with van der Waals surface area (Å²) >= 11 is 0. The topological polar surface area (TPSA) is 63.4 Å². The third kappa shape index (κ3) is 2.57. The molecule has 2 aromatic carbocycles. The minimum absolute atomic E-state index is 0.170. The fourth-order valence-electron chi connectivity index (χ4n) is 3.68. The second kappa shape index (κ2) is 6.26. The maximum atomic E-state index is 12.2. The minimum Gasteiger partial charge on any atom is -0.496 e. The Morgan fingerprint density at radius 2 is 1.84 bits per heavy atom. The zero-order chi connectivity index (χ0) is 17.4. The van der Waals surface area contributed by atoms with Crippen LogP contribution in [0.1, 0.15) is 22.9 Å². The van der Waals surface area contributed by atoms with Gasteiger partial charge in [0.25, 0.3) is 0 Å². The summed E-state index contributed by atoms with van der Waals surface area (Å²) in [6.07, 6.45) is 0.595. The first-order valence-electron chi connectivity index (χ1n) is 8.29. The van der Waals surface area contributed by atoms with Gasteiger partial charge in [0.2, 0.25) is 0 Å². The van der Waals surface area contributed by atoms with Crippen LogP contribution in [0.4, 0.5) is 0 Å². The van der Waals surface area contributed by atoms with Gasteiger partial charge in [0.1, 0.15) is 11.8 Å². The second-order valence-electron chi connectivity index (χ2n) is 6.18. The van der Waals surface area contributed by atoms with Crippen LogP contribution in [0.25, 0.3) is 10.9 Å². The van der Waals surface area contributed by atoms with Gasteiger partial charge in [-0.2, -0.15) is 0 Å². The van der Waals surface area contributed by atoms with Crippen LogP contribution >= 0.6 is 0 Å². The number of aromatic nitrogens is 1. The van der Waals surface area contributed by atoms with Crippen LogP contribution in [-0.2, 0) is 16.0 Å². The highest BCUT2D eigenvalue weighted by molar-refractivity contribution is 5.87. The van der Waals surface area contributed by atoms with Gasteiger partial charge in [0, 0.05) is 28.6 Å². The molecule has 4 rings (SSSR count). The molecular formula is C20H20N2O3. The summed E-state index contributed by atoms with van der Waals surface area (Å²) in [6.45, 7) is 0. The molecule has 0 spiro atoms. The summed E-state index contributed by atoms with van der Waals surface area (Å²) in [4.78, 5) is 15.8. The molecule has 0 aliphatic carbocycles. The third-order valence-electron chi connectivity index (χ3n) is 4.85. The van der Waals surface area contributed by atoms with Crippen molar-refractivity contribution < 1.29 is 14.3 Å². The SMILES string of the molecule is COC(=O)[C@H]1Cc2c([nH]c3ccccc23)[C@H](c2ccccc2OC)N1. The van der Waals surface area contributed by atoms with E-state index in [0.29, 0.717) is 6.42 Å². The number of esters is 1. The summed E-state index contributed by atoms with van der Waals surface area (Å²) in [7, 11) is 3.08. The van der Waals surface area contributed by atoms with Gasteiger partial charge in [-0.15, -0.1) is 0 Å². The Hall–Kier alpha value is -2.79. The molecule has 1 aliphatic heterocycles. The van der Waals surface area contributed by atoms with Crippen molar-refractivity contribution in [2.45, 2.75) is 18.5 Å². The van der Waals surface area contributed by atoms with Gasteiger partial charge in [-0.25, -0.2) is 0 Å². The second-order valence-corrected chi connectivity index (χ2v) is 6.18.